The predicted molar refractivity (Wildman–Crippen MR) is 77.5 cm³/mol. The molecule has 0 amide bonds. The van der Waals surface area contributed by atoms with Gasteiger partial charge in [0.15, 0.2) is 0 Å². The van der Waals surface area contributed by atoms with Crippen molar-refractivity contribution in [3.8, 4) is 0 Å². The maximum Gasteiger partial charge on any atom is 0.323 e. The van der Waals surface area contributed by atoms with Gasteiger partial charge in [-0.05, 0) is 26.0 Å². The summed E-state index contributed by atoms with van der Waals surface area (Å²) in [7, 11) is 3.23. The summed E-state index contributed by atoms with van der Waals surface area (Å²) in [4.78, 5) is 26.1. The van der Waals surface area contributed by atoms with Crippen LogP contribution in [0.4, 0.5) is 0 Å². The monoisotopic (exact) mass is 291 g/mol. The molecule has 1 heterocycles. The second kappa shape index (κ2) is 6.72. The molecule has 1 saturated heterocycles. The highest BCUT2D eigenvalue weighted by molar-refractivity contribution is 5.80. The van der Waals surface area contributed by atoms with Gasteiger partial charge >= 0.3 is 11.9 Å². The molecule has 0 N–H and O–H groups in total. The van der Waals surface area contributed by atoms with Gasteiger partial charge in [0.2, 0.25) is 0 Å². The van der Waals surface area contributed by atoms with Crippen LogP contribution in [-0.4, -0.2) is 43.6 Å². The normalized spacial score (nSPS) is 25.6. The van der Waals surface area contributed by atoms with Crippen molar-refractivity contribution >= 4 is 11.9 Å². The molecule has 5 nitrogen and oxygen atoms in total. The van der Waals surface area contributed by atoms with Crippen LogP contribution in [0.5, 0.6) is 0 Å². The van der Waals surface area contributed by atoms with E-state index in [2.05, 4.69) is 0 Å². The van der Waals surface area contributed by atoms with Gasteiger partial charge in [-0.2, -0.15) is 0 Å². The Hall–Kier alpha value is -1.88. The Labute approximate surface area is 124 Å². The minimum Gasteiger partial charge on any atom is -0.469 e. The maximum atomic E-state index is 12.1. The average molecular weight is 291 g/mol. The van der Waals surface area contributed by atoms with E-state index in [1.54, 1.807) is 6.92 Å². The number of likely N-dealkylation sites (tertiary alicyclic amines) is 1. The Morgan fingerprint density at radius 2 is 1.90 bits per heavy atom. The van der Waals surface area contributed by atoms with E-state index in [-0.39, 0.29) is 23.9 Å². The molecule has 3 atom stereocenters. The number of benzene rings is 1. The van der Waals surface area contributed by atoms with Crippen molar-refractivity contribution in [3.05, 3.63) is 35.9 Å². The van der Waals surface area contributed by atoms with Crippen LogP contribution < -0.4 is 0 Å². The van der Waals surface area contributed by atoms with E-state index in [0.29, 0.717) is 13.0 Å². The first kappa shape index (κ1) is 15.5. The van der Waals surface area contributed by atoms with Gasteiger partial charge in [0.05, 0.1) is 19.6 Å². The van der Waals surface area contributed by atoms with Crippen LogP contribution in [0.1, 0.15) is 24.9 Å². The van der Waals surface area contributed by atoms with Crippen molar-refractivity contribution in [1.82, 2.24) is 4.90 Å². The van der Waals surface area contributed by atoms with Crippen molar-refractivity contribution < 1.29 is 19.1 Å². The molecule has 0 aliphatic carbocycles. The fourth-order valence-corrected chi connectivity index (χ4v) is 3.01. The molecule has 0 radical (unpaired) electrons. The molecule has 0 aromatic heterocycles. The van der Waals surface area contributed by atoms with E-state index in [9.17, 15) is 9.59 Å². The SMILES string of the molecule is CCOC(=O)C1CC(C(=O)OC)C(c2ccccc2)N1C. The average Bonchev–Trinajstić information content (AvgIpc) is 2.85. The Balaban J connectivity index is 2.30. The first-order chi connectivity index (χ1) is 10.1. The van der Waals surface area contributed by atoms with Crippen LogP contribution in [0.3, 0.4) is 0 Å². The Morgan fingerprint density at radius 1 is 1.24 bits per heavy atom. The van der Waals surface area contributed by atoms with Gasteiger partial charge < -0.3 is 9.47 Å². The standard InChI is InChI=1S/C16H21NO4/c1-4-21-16(19)13-10-12(15(18)20-3)14(17(13)2)11-8-6-5-7-9-11/h5-9,12-14H,4,10H2,1-3H3. The van der Waals surface area contributed by atoms with Crippen LogP contribution in [-0.2, 0) is 19.1 Å². The number of carbonyl (C=O) groups is 2. The molecule has 1 aliphatic rings. The Kier molecular flexibility index (Phi) is 4.96. The number of rotatable bonds is 4. The van der Waals surface area contributed by atoms with Crippen molar-refractivity contribution in [2.75, 3.05) is 20.8 Å². The number of methoxy groups -OCH3 is 1. The molecule has 1 fully saturated rings. The number of esters is 2. The molecule has 2 rings (SSSR count). The largest absolute Gasteiger partial charge is 0.469 e. The van der Waals surface area contributed by atoms with Crippen LogP contribution in [0.2, 0.25) is 0 Å². The van der Waals surface area contributed by atoms with E-state index in [4.69, 9.17) is 9.47 Å². The summed E-state index contributed by atoms with van der Waals surface area (Å²) >= 11 is 0. The van der Waals surface area contributed by atoms with Crippen LogP contribution >= 0.6 is 0 Å². The van der Waals surface area contributed by atoms with Gasteiger partial charge in [-0.1, -0.05) is 30.3 Å². The van der Waals surface area contributed by atoms with Crippen molar-refractivity contribution in [3.63, 3.8) is 0 Å². The van der Waals surface area contributed by atoms with Crippen LogP contribution in [0, 0.1) is 5.92 Å². The second-order valence-corrected chi connectivity index (χ2v) is 5.15. The highest BCUT2D eigenvalue weighted by atomic mass is 16.5. The first-order valence-electron chi connectivity index (χ1n) is 7.11. The molecule has 1 aromatic rings. The molecule has 1 aliphatic heterocycles. The Morgan fingerprint density at radius 3 is 2.48 bits per heavy atom. The summed E-state index contributed by atoms with van der Waals surface area (Å²) < 4.78 is 10.0. The zero-order valence-electron chi connectivity index (χ0n) is 12.6. The second-order valence-electron chi connectivity index (χ2n) is 5.15. The molecule has 114 valence electrons. The number of likely N-dealkylation sites (N-methyl/N-ethyl adjacent to an activating group) is 1. The third-order valence-electron chi connectivity index (χ3n) is 3.99. The zero-order valence-corrected chi connectivity index (χ0v) is 12.6. The number of carbonyl (C=O) groups excluding carboxylic acids is 2. The summed E-state index contributed by atoms with van der Waals surface area (Å²) in [6.07, 6.45) is 0.418. The van der Waals surface area contributed by atoms with Crippen molar-refractivity contribution in [1.29, 1.82) is 0 Å². The lowest BCUT2D eigenvalue weighted by Crippen LogP contribution is -2.35. The topological polar surface area (TPSA) is 55.8 Å². The van der Waals surface area contributed by atoms with Gasteiger partial charge in [0.25, 0.3) is 0 Å². The summed E-state index contributed by atoms with van der Waals surface area (Å²) in [6.45, 7) is 2.11. The minimum absolute atomic E-state index is 0.173. The zero-order chi connectivity index (χ0) is 15.4. The fourth-order valence-electron chi connectivity index (χ4n) is 3.01. The summed E-state index contributed by atoms with van der Waals surface area (Å²) in [5.74, 6) is -0.938. The lowest BCUT2D eigenvalue weighted by Gasteiger charge is -2.26. The number of hydrogen-bond donors (Lipinski definition) is 0. The maximum absolute atomic E-state index is 12.1. The van der Waals surface area contributed by atoms with Crippen LogP contribution in [0.15, 0.2) is 30.3 Å². The molecule has 21 heavy (non-hydrogen) atoms. The quantitative estimate of drug-likeness (QED) is 0.792. The van der Waals surface area contributed by atoms with Crippen LogP contribution in [0.25, 0.3) is 0 Å². The molecule has 0 saturated carbocycles. The minimum atomic E-state index is -0.417. The van der Waals surface area contributed by atoms with Gasteiger partial charge in [-0.15, -0.1) is 0 Å². The highest BCUT2D eigenvalue weighted by Gasteiger charge is 2.47. The molecular weight excluding hydrogens is 270 g/mol. The smallest absolute Gasteiger partial charge is 0.323 e. The van der Waals surface area contributed by atoms with Gasteiger partial charge in [-0.3, -0.25) is 14.5 Å². The summed E-state index contributed by atoms with van der Waals surface area (Å²) in [5, 5.41) is 0. The molecule has 1 aromatic carbocycles. The molecular formula is C16H21NO4. The van der Waals surface area contributed by atoms with E-state index >= 15 is 0 Å². The molecule has 0 bridgehead atoms. The Bertz CT molecular complexity index is 502. The molecule has 5 heteroatoms. The lowest BCUT2D eigenvalue weighted by atomic mass is 9.93. The highest BCUT2D eigenvalue weighted by Crippen LogP contribution is 2.40. The van der Waals surface area contributed by atoms with E-state index in [1.165, 1.54) is 7.11 Å². The lowest BCUT2D eigenvalue weighted by molar-refractivity contribution is -0.148. The van der Waals surface area contributed by atoms with E-state index in [0.717, 1.165) is 5.56 Å². The molecule has 0 spiro atoms. The number of hydrogen-bond acceptors (Lipinski definition) is 5. The third kappa shape index (κ3) is 3.08. The van der Waals surface area contributed by atoms with Crippen molar-refractivity contribution in [2.45, 2.75) is 25.4 Å². The van der Waals surface area contributed by atoms with Gasteiger partial charge in [-0.25, -0.2) is 0 Å². The van der Waals surface area contributed by atoms with E-state index in [1.807, 2.05) is 42.3 Å². The predicted octanol–water partition coefficient (Wildman–Crippen LogP) is 1.78. The third-order valence-corrected chi connectivity index (χ3v) is 3.99. The molecule has 3 unspecified atom stereocenters. The summed E-state index contributed by atoms with van der Waals surface area (Å²) in [6, 6.07) is 9.11. The van der Waals surface area contributed by atoms with Crippen molar-refractivity contribution in [2.24, 2.45) is 5.92 Å². The number of ether oxygens (including phenoxy) is 2. The van der Waals surface area contributed by atoms with Gasteiger partial charge in [0, 0.05) is 6.04 Å². The first-order valence-corrected chi connectivity index (χ1v) is 7.11. The number of nitrogens with zero attached hydrogens (tertiary/aromatic N) is 1. The van der Waals surface area contributed by atoms with Gasteiger partial charge in [0.1, 0.15) is 6.04 Å². The van der Waals surface area contributed by atoms with E-state index < -0.39 is 6.04 Å². The summed E-state index contributed by atoms with van der Waals surface area (Å²) in [5.41, 5.74) is 1.00. The fraction of sp³-hybridized carbons (Fsp3) is 0.500.